The standard InChI is InChI=1S/C13H11N5O/c14-13-12(9-4-6-15-7-5-9)16-17-18(13)10-2-1-3-11(19)8-10/h1-8,19H,14H2. The van der Waals surface area contributed by atoms with Crippen molar-refractivity contribution in [3.63, 3.8) is 0 Å². The maximum atomic E-state index is 9.48. The molecule has 3 N–H and O–H groups in total. The molecule has 1 aromatic carbocycles. The number of anilines is 1. The number of phenols is 1. The monoisotopic (exact) mass is 253 g/mol. The molecule has 6 heteroatoms. The van der Waals surface area contributed by atoms with E-state index in [2.05, 4.69) is 15.3 Å². The third-order valence-corrected chi connectivity index (χ3v) is 2.73. The van der Waals surface area contributed by atoms with Crippen LogP contribution in [0.3, 0.4) is 0 Å². The molecule has 2 aromatic heterocycles. The van der Waals surface area contributed by atoms with Crippen LogP contribution in [0.1, 0.15) is 0 Å². The highest BCUT2D eigenvalue weighted by atomic mass is 16.3. The van der Waals surface area contributed by atoms with E-state index in [9.17, 15) is 5.11 Å². The fourth-order valence-electron chi connectivity index (χ4n) is 1.82. The third-order valence-electron chi connectivity index (χ3n) is 2.73. The Hall–Kier alpha value is -2.89. The molecule has 0 unspecified atom stereocenters. The van der Waals surface area contributed by atoms with E-state index in [1.54, 1.807) is 36.7 Å². The van der Waals surface area contributed by atoms with Crippen LogP contribution in [0.2, 0.25) is 0 Å². The van der Waals surface area contributed by atoms with Crippen molar-refractivity contribution in [2.75, 3.05) is 5.73 Å². The van der Waals surface area contributed by atoms with Gasteiger partial charge in [0, 0.05) is 24.0 Å². The minimum absolute atomic E-state index is 0.151. The van der Waals surface area contributed by atoms with Gasteiger partial charge < -0.3 is 10.8 Å². The lowest BCUT2D eigenvalue weighted by Crippen LogP contribution is -2.02. The van der Waals surface area contributed by atoms with E-state index in [1.807, 2.05) is 12.1 Å². The number of hydrogen-bond donors (Lipinski definition) is 2. The van der Waals surface area contributed by atoms with E-state index < -0.39 is 0 Å². The van der Waals surface area contributed by atoms with Gasteiger partial charge in [-0.2, -0.15) is 4.68 Å². The molecule has 0 radical (unpaired) electrons. The Labute approximate surface area is 109 Å². The molecule has 3 aromatic rings. The summed E-state index contributed by atoms with van der Waals surface area (Å²) < 4.78 is 1.48. The predicted molar refractivity (Wildman–Crippen MR) is 70.7 cm³/mol. The minimum Gasteiger partial charge on any atom is -0.508 e. The Balaban J connectivity index is 2.09. The van der Waals surface area contributed by atoms with Gasteiger partial charge in [-0.3, -0.25) is 4.98 Å². The van der Waals surface area contributed by atoms with Gasteiger partial charge in [0.15, 0.2) is 5.82 Å². The molecule has 0 amide bonds. The fraction of sp³-hybridized carbons (Fsp3) is 0. The van der Waals surface area contributed by atoms with Crippen LogP contribution in [0.25, 0.3) is 16.9 Å². The second kappa shape index (κ2) is 4.41. The highest BCUT2D eigenvalue weighted by Gasteiger charge is 2.12. The summed E-state index contributed by atoms with van der Waals surface area (Å²) in [5.74, 6) is 0.565. The first-order chi connectivity index (χ1) is 9.25. The van der Waals surface area contributed by atoms with Crippen molar-refractivity contribution < 1.29 is 5.11 Å². The minimum atomic E-state index is 0.151. The first kappa shape index (κ1) is 11.2. The van der Waals surface area contributed by atoms with Crippen molar-refractivity contribution in [3.8, 4) is 22.7 Å². The molecule has 0 spiro atoms. The smallest absolute Gasteiger partial charge is 0.155 e. The Morgan fingerprint density at radius 2 is 1.89 bits per heavy atom. The largest absolute Gasteiger partial charge is 0.508 e. The molecule has 6 nitrogen and oxygen atoms in total. The Kier molecular flexibility index (Phi) is 2.60. The summed E-state index contributed by atoms with van der Waals surface area (Å²) in [4.78, 5) is 3.95. The molecule has 0 atom stereocenters. The van der Waals surface area contributed by atoms with Crippen LogP contribution < -0.4 is 5.73 Å². The van der Waals surface area contributed by atoms with E-state index in [0.29, 0.717) is 17.2 Å². The van der Waals surface area contributed by atoms with Crippen LogP contribution in [0.5, 0.6) is 5.75 Å². The van der Waals surface area contributed by atoms with Gasteiger partial charge in [-0.15, -0.1) is 5.10 Å². The van der Waals surface area contributed by atoms with Crippen molar-refractivity contribution in [2.45, 2.75) is 0 Å². The maximum absolute atomic E-state index is 9.48. The molecule has 0 aliphatic carbocycles. The summed E-state index contributed by atoms with van der Waals surface area (Å²) in [6.07, 6.45) is 3.34. The normalized spacial score (nSPS) is 10.5. The van der Waals surface area contributed by atoms with Gasteiger partial charge in [0.1, 0.15) is 11.4 Å². The fourth-order valence-corrected chi connectivity index (χ4v) is 1.82. The van der Waals surface area contributed by atoms with Crippen molar-refractivity contribution in [3.05, 3.63) is 48.8 Å². The van der Waals surface area contributed by atoms with Crippen LogP contribution >= 0.6 is 0 Å². The van der Waals surface area contributed by atoms with Gasteiger partial charge in [-0.25, -0.2) is 0 Å². The Morgan fingerprint density at radius 1 is 1.11 bits per heavy atom. The van der Waals surface area contributed by atoms with E-state index in [4.69, 9.17) is 5.73 Å². The summed E-state index contributed by atoms with van der Waals surface area (Å²) >= 11 is 0. The first-order valence-corrected chi connectivity index (χ1v) is 5.66. The summed E-state index contributed by atoms with van der Waals surface area (Å²) in [6, 6.07) is 10.3. The Bertz CT molecular complexity index is 708. The van der Waals surface area contributed by atoms with Gasteiger partial charge in [-0.05, 0) is 24.3 Å². The van der Waals surface area contributed by atoms with Gasteiger partial charge in [0.2, 0.25) is 0 Å². The van der Waals surface area contributed by atoms with E-state index in [-0.39, 0.29) is 5.75 Å². The van der Waals surface area contributed by atoms with Crippen LogP contribution in [0.4, 0.5) is 5.82 Å². The highest BCUT2D eigenvalue weighted by molar-refractivity contribution is 5.70. The van der Waals surface area contributed by atoms with Crippen LogP contribution in [-0.4, -0.2) is 25.1 Å². The number of rotatable bonds is 2. The molecule has 0 aliphatic heterocycles. The third kappa shape index (κ3) is 1.99. The molecule has 0 saturated carbocycles. The zero-order valence-electron chi connectivity index (χ0n) is 9.93. The van der Waals surface area contributed by atoms with E-state index >= 15 is 0 Å². The van der Waals surface area contributed by atoms with Crippen LogP contribution in [-0.2, 0) is 0 Å². The predicted octanol–water partition coefficient (Wildman–Crippen LogP) is 1.62. The van der Waals surface area contributed by atoms with Crippen LogP contribution in [0, 0.1) is 0 Å². The number of aromatic nitrogens is 4. The molecule has 2 heterocycles. The van der Waals surface area contributed by atoms with E-state index in [1.165, 1.54) is 4.68 Å². The maximum Gasteiger partial charge on any atom is 0.155 e. The lowest BCUT2D eigenvalue weighted by Gasteiger charge is -2.03. The topological polar surface area (TPSA) is 89.9 Å². The highest BCUT2D eigenvalue weighted by Crippen LogP contribution is 2.25. The average molecular weight is 253 g/mol. The molecule has 0 aliphatic rings. The number of phenolic OH excluding ortho intramolecular Hbond substituents is 1. The molecule has 0 saturated heterocycles. The van der Waals surface area contributed by atoms with Crippen molar-refractivity contribution in [1.82, 2.24) is 20.0 Å². The first-order valence-electron chi connectivity index (χ1n) is 5.66. The van der Waals surface area contributed by atoms with Crippen molar-refractivity contribution in [2.24, 2.45) is 0 Å². The molecule has 0 bridgehead atoms. The number of nitrogens with two attached hydrogens (primary N) is 1. The summed E-state index contributed by atoms with van der Waals surface area (Å²) in [7, 11) is 0. The molecular weight excluding hydrogens is 242 g/mol. The number of hydrogen-bond acceptors (Lipinski definition) is 5. The summed E-state index contributed by atoms with van der Waals surface area (Å²) in [6.45, 7) is 0. The van der Waals surface area contributed by atoms with Gasteiger partial charge in [0.05, 0.1) is 5.69 Å². The summed E-state index contributed by atoms with van der Waals surface area (Å²) in [5.41, 5.74) is 8.15. The second-order valence-electron chi connectivity index (χ2n) is 3.99. The zero-order valence-corrected chi connectivity index (χ0v) is 9.93. The molecular formula is C13H11N5O. The lowest BCUT2D eigenvalue weighted by atomic mass is 10.2. The quantitative estimate of drug-likeness (QED) is 0.724. The van der Waals surface area contributed by atoms with E-state index in [0.717, 1.165) is 5.56 Å². The van der Waals surface area contributed by atoms with Gasteiger partial charge >= 0.3 is 0 Å². The SMILES string of the molecule is Nc1c(-c2ccncc2)nnn1-c1cccc(O)c1. The number of nitrogen functional groups attached to an aromatic ring is 1. The molecule has 94 valence electrons. The Morgan fingerprint density at radius 3 is 2.63 bits per heavy atom. The van der Waals surface area contributed by atoms with Gasteiger partial charge in [0.25, 0.3) is 0 Å². The molecule has 0 fully saturated rings. The number of benzene rings is 1. The van der Waals surface area contributed by atoms with Crippen LogP contribution in [0.15, 0.2) is 48.8 Å². The number of aromatic hydroxyl groups is 1. The number of nitrogens with zero attached hydrogens (tertiary/aromatic N) is 4. The van der Waals surface area contributed by atoms with Crippen molar-refractivity contribution in [1.29, 1.82) is 0 Å². The molecule has 3 rings (SSSR count). The number of pyridine rings is 1. The van der Waals surface area contributed by atoms with Gasteiger partial charge in [-0.1, -0.05) is 11.3 Å². The van der Waals surface area contributed by atoms with Crippen molar-refractivity contribution >= 4 is 5.82 Å². The summed E-state index contributed by atoms with van der Waals surface area (Å²) in [5, 5.41) is 17.6. The molecule has 19 heavy (non-hydrogen) atoms. The lowest BCUT2D eigenvalue weighted by molar-refractivity contribution is 0.475. The second-order valence-corrected chi connectivity index (χ2v) is 3.99. The average Bonchev–Trinajstić information content (AvgIpc) is 2.81. The zero-order chi connectivity index (χ0) is 13.2.